The molecule has 0 N–H and O–H groups in total. The summed E-state index contributed by atoms with van der Waals surface area (Å²) in [5.41, 5.74) is 0.614. The van der Waals surface area contributed by atoms with E-state index < -0.39 is 16.0 Å². The Labute approximate surface area is 167 Å². The van der Waals surface area contributed by atoms with Gasteiger partial charge in [0.05, 0.1) is 40.6 Å². The van der Waals surface area contributed by atoms with Gasteiger partial charge in [-0.15, -0.1) is 0 Å². The summed E-state index contributed by atoms with van der Waals surface area (Å²) in [6, 6.07) is 10.7. The third kappa shape index (κ3) is 3.04. The summed E-state index contributed by atoms with van der Waals surface area (Å²) in [5.74, 6) is -0.461. The fraction of sp³-hybridized carbons (Fsp3) is 0.263. The molecule has 0 aromatic heterocycles. The molecule has 9 heteroatoms. The smallest absolute Gasteiger partial charge is 0.333 e. The number of anilines is 1. The van der Waals surface area contributed by atoms with Gasteiger partial charge >= 0.3 is 5.97 Å². The van der Waals surface area contributed by atoms with E-state index in [0.717, 1.165) is 5.39 Å². The van der Waals surface area contributed by atoms with E-state index >= 15 is 0 Å². The van der Waals surface area contributed by atoms with Crippen molar-refractivity contribution in [2.45, 2.75) is 11.8 Å². The molecule has 2 aromatic carbocycles. The number of sulfonamides is 1. The van der Waals surface area contributed by atoms with Crippen molar-refractivity contribution < 1.29 is 22.7 Å². The predicted molar refractivity (Wildman–Crippen MR) is 107 cm³/mol. The molecule has 0 atom stereocenters. The normalized spacial score (nSPS) is 19.0. The lowest BCUT2D eigenvalue weighted by Crippen LogP contribution is -2.37. The molecule has 2 heterocycles. The SMILES string of the molecule is CCOC(=O)/C=C1/SCC(=O)N1CCN1c2cccc3cccc(c23)S1(=O)=O. The molecule has 0 radical (unpaired) electrons. The first-order valence-corrected chi connectivity index (χ1v) is 11.2. The highest BCUT2D eigenvalue weighted by atomic mass is 32.2. The average molecular weight is 418 g/mol. The van der Waals surface area contributed by atoms with E-state index in [1.807, 2.05) is 18.2 Å². The number of rotatable bonds is 5. The van der Waals surface area contributed by atoms with Gasteiger partial charge in [-0.3, -0.25) is 9.10 Å². The zero-order valence-electron chi connectivity index (χ0n) is 15.1. The Balaban J connectivity index is 1.61. The number of amides is 1. The molecule has 7 nitrogen and oxygen atoms in total. The molecular weight excluding hydrogens is 400 g/mol. The van der Waals surface area contributed by atoms with Crippen LogP contribution in [0.5, 0.6) is 0 Å². The van der Waals surface area contributed by atoms with Gasteiger partial charge in [0.15, 0.2) is 0 Å². The topological polar surface area (TPSA) is 84.0 Å². The first-order chi connectivity index (χ1) is 13.4. The van der Waals surface area contributed by atoms with Crippen LogP contribution in [0.3, 0.4) is 0 Å². The molecule has 1 amide bonds. The fourth-order valence-corrected chi connectivity index (χ4v) is 6.10. The minimum Gasteiger partial charge on any atom is -0.463 e. The zero-order valence-corrected chi connectivity index (χ0v) is 16.8. The lowest BCUT2D eigenvalue weighted by molar-refractivity contribution is -0.137. The van der Waals surface area contributed by atoms with Crippen LogP contribution in [0.4, 0.5) is 5.69 Å². The molecule has 2 aliphatic heterocycles. The zero-order chi connectivity index (χ0) is 19.9. The van der Waals surface area contributed by atoms with Crippen molar-refractivity contribution in [1.29, 1.82) is 0 Å². The Morgan fingerprint density at radius 2 is 1.96 bits per heavy atom. The van der Waals surface area contributed by atoms with E-state index in [1.54, 1.807) is 25.1 Å². The summed E-state index contributed by atoms with van der Waals surface area (Å²) in [6.07, 6.45) is 1.28. The van der Waals surface area contributed by atoms with Gasteiger partial charge in [-0.25, -0.2) is 13.2 Å². The second-order valence-electron chi connectivity index (χ2n) is 6.28. The van der Waals surface area contributed by atoms with Crippen LogP contribution in [0, 0.1) is 0 Å². The molecule has 1 fully saturated rings. The number of carbonyl (C=O) groups excluding carboxylic acids is 2. The third-order valence-corrected chi connectivity index (χ3v) is 7.53. The summed E-state index contributed by atoms with van der Waals surface area (Å²) in [7, 11) is -3.68. The lowest BCUT2D eigenvalue weighted by Gasteiger charge is -2.23. The van der Waals surface area contributed by atoms with Gasteiger partial charge in [-0.2, -0.15) is 0 Å². The lowest BCUT2D eigenvalue weighted by atomic mass is 10.1. The first-order valence-electron chi connectivity index (χ1n) is 8.79. The molecule has 2 aliphatic rings. The Morgan fingerprint density at radius 3 is 2.71 bits per heavy atom. The number of ether oxygens (including phenoxy) is 1. The Bertz CT molecular complexity index is 1110. The number of nitrogens with zero attached hydrogens (tertiary/aromatic N) is 2. The maximum Gasteiger partial charge on any atom is 0.333 e. The van der Waals surface area contributed by atoms with Crippen LogP contribution in [0.25, 0.3) is 10.8 Å². The van der Waals surface area contributed by atoms with Crippen molar-refractivity contribution in [2.75, 3.05) is 29.8 Å². The molecular formula is C19H18N2O5S2. The largest absolute Gasteiger partial charge is 0.463 e. The molecule has 4 rings (SSSR count). The Hall–Kier alpha value is -2.52. The van der Waals surface area contributed by atoms with E-state index in [9.17, 15) is 18.0 Å². The molecule has 1 saturated heterocycles. The number of carbonyl (C=O) groups is 2. The molecule has 0 aliphatic carbocycles. The van der Waals surface area contributed by atoms with Crippen LogP contribution in [-0.2, 0) is 24.3 Å². The van der Waals surface area contributed by atoms with Gasteiger partial charge in [-0.05, 0) is 24.4 Å². The van der Waals surface area contributed by atoms with Crippen molar-refractivity contribution in [3.05, 3.63) is 47.5 Å². The standard InChI is InChI=1S/C19H18N2O5S2/c1-2-26-18(23)11-17-20(16(22)12-27-17)9-10-21-14-7-3-5-13-6-4-8-15(19(13)14)28(21,24)25/h3-8,11H,2,9-10,12H2,1H3/b17-11+. The van der Waals surface area contributed by atoms with Crippen molar-refractivity contribution >= 4 is 50.1 Å². The molecule has 0 spiro atoms. The summed E-state index contributed by atoms with van der Waals surface area (Å²) in [5, 5.41) is 2.04. The van der Waals surface area contributed by atoms with E-state index in [4.69, 9.17) is 4.74 Å². The molecule has 28 heavy (non-hydrogen) atoms. The van der Waals surface area contributed by atoms with Crippen molar-refractivity contribution in [2.24, 2.45) is 0 Å². The van der Waals surface area contributed by atoms with Crippen LogP contribution in [0.2, 0.25) is 0 Å². The van der Waals surface area contributed by atoms with Crippen molar-refractivity contribution in [1.82, 2.24) is 4.90 Å². The van der Waals surface area contributed by atoms with Crippen LogP contribution >= 0.6 is 11.8 Å². The van der Waals surface area contributed by atoms with Gasteiger partial charge < -0.3 is 9.64 Å². The number of thioether (sulfide) groups is 1. The third-order valence-electron chi connectivity index (χ3n) is 4.65. The van der Waals surface area contributed by atoms with Gasteiger partial charge in [-0.1, -0.05) is 36.0 Å². The summed E-state index contributed by atoms with van der Waals surface area (Å²) in [4.78, 5) is 25.7. The van der Waals surface area contributed by atoms with E-state index in [-0.39, 0.29) is 36.3 Å². The van der Waals surface area contributed by atoms with Gasteiger partial charge in [0.25, 0.3) is 10.0 Å². The maximum atomic E-state index is 13.0. The van der Waals surface area contributed by atoms with Crippen molar-refractivity contribution in [3.63, 3.8) is 0 Å². The summed E-state index contributed by atoms with van der Waals surface area (Å²) < 4.78 is 32.3. The predicted octanol–water partition coefficient (Wildman–Crippen LogP) is 2.33. The van der Waals surface area contributed by atoms with E-state index in [2.05, 4.69) is 0 Å². The van der Waals surface area contributed by atoms with Crippen LogP contribution in [-0.4, -0.2) is 50.6 Å². The fourth-order valence-electron chi connectivity index (χ4n) is 3.44. The summed E-state index contributed by atoms with van der Waals surface area (Å²) >= 11 is 1.25. The molecule has 2 aromatic rings. The monoisotopic (exact) mass is 418 g/mol. The highest BCUT2D eigenvalue weighted by Crippen LogP contribution is 2.42. The molecule has 146 valence electrons. The van der Waals surface area contributed by atoms with Gasteiger partial charge in [0.1, 0.15) is 0 Å². The molecule has 0 unspecified atom stereocenters. The minimum atomic E-state index is -3.68. The Morgan fingerprint density at radius 1 is 1.21 bits per heavy atom. The van der Waals surface area contributed by atoms with Gasteiger partial charge in [0.2, 0.25) is 5.91 Å². The van der Waals surface area contributed by atoms with Crippen LogP contribution in [0.1, 0.15) is 6.92 Å². The highest BCUT2D eigenvalue weighted by molar-refractivity contribution is 8.04. The minimum absolute atomic E-state index is 0.0998. The second kappa shape index (κ2) is 7.14. The Kier molecular flexibility index (Phi) is 4.80. The summed E-state index contributed by atoms with van der Waals surface area (Å²) in [6.45, 7) is 2.20. The quantitative estimate of drug-likeness (QED) is 0.547. The maximum absolute atomic E-state index is 13.0. The molecule has 0 bridgehead atoms. The van der Waals surface area contributed by atoms with Crippen LogP contribution in [0.15, 0.2) is 52.4 Å². The van der Waals surface area contributed by atoms with Crippen molar-refractivity contribution in [3.8, 4) is 0 Å². The first kappa shape index (κ1) is 18.8. The van der Waals surface area contributed by atoms with E-state index in [0.29, 0.717) is 16.1 Å². The van der Waals surface area contributed by atoms with E-state index in [1.165, 1.54) is 27.0 Å². The van der Waals surface area contributed by atoms with Gasteiger partial charge in [0, 0.05) is 11.9 Å². The second-order valence-corrected chi connectivity index (χ2v) is 9.10. The number of hydrogen-bond donors (Lipinski definition) is 0. The number of benzene rings is 2. The van der Waals surface area contributed by atoms with Crippen LogP contribution < -0.4 is 4.31 Å². The number of esters is 1. The average Bonchev–Trinajstić information content (AvgIpc) is 3.11. The number of hydrogen-bond acceptors (Lipinski definition) is 6. The highest BCUT2D eigenvalue weighted by Gasteiger charge is 2.36. The molecule has 0 saturated carbocycles.